The van der Waals surface area contributed by atoms with Gasteiger partial charge in [-0.15, -0.1) is 0 Å². The average molecular weight is 269 g/mol. The lowest BCUT2D eigenvalue weighted by Gasteiger charge is -2.34. The largest absolute Gasteiger partial charge is 0.425 e. The van der Waals surface area contributed by atoms with Crippen molar-refractivity contribution < 1.29 is 4.65 Å². The maximum atomic E-state index is 6.23. The van der Waals surface area contributed by atoms with Gasteiger partial charge in [0.05, 0.1) is 5.60 Å². The Labute approximate surface area is 120 Å². The zero-order valence-corrected chi connectivity index (χ0v) is 12.5. The van der Waals surface area contributed by atoms with Crippen LogP contribution in [0, 0.1) is 5.41 Å². The molecule has 5 heteroatoms. The molecule has 0 aliphatic carbocycles. The molecule has 0 atom stereocenters. The standard InChI is InChI=1S/C15H20BN3O/c1-14(2)11-16(20-15(14,3)4)12-9-18-19(10-12)13-7-5-6-8-17-13/h5-10H,11H2,1-4H3. The lowest BCUT2D eigenvalue weighted by Crippen LogP contribution is -2.35. The zero-order valence-electron chi connectivity index (χ0n) is 12.5. The number of hydrogen-bond acceptors (Lipinski definition) is 3. The molecule has 0 aromatic carbocycles. The van der Waals surface area contributed by atoms with Gasteiger partial charge in [-0.25, -0.2) is 9.67 Å². The van der Waals surface area contributed by atoms with Gasteiger partial charge in [0, 0.05) is 18.6 Å². The van der Waals surface area contributed by atoms with Crippen molar-refractivity contribution in [2.24, 2.45) is 5.41 Å². The topological polar surface area (TPSA) is 39.9 Å². The normalized spacial score (nSPS) is 20.3. The van der Waals surface area contributed by atoms with E-state index in [-0.39, 0.29) is 17.9 Å². The van der Waals surface area contributed by atoms with E-state index >= 15 is 0 Å². The fourth-order valence-electron chi connectivity index (χ4n) is 2.57. The first-order valence-corrected chi connectivity index (χ1v) is 7.03. The van der Waals surface area contributed by atoms with Crippen molar-refractivity contribution in [3.05, 3.63) is 36.8 Å². The first-order valence-electron chi connectivity index (χ1n) is 7.03. The Morgan fingerprint density at radius 3 is 2.65 bits per heavy atom. The summed E-state index contributed by atoms with van der Waals surface area (Å²) < 4.78 is 8.03. The Morgan fingerprint density at radius 1 is 1.25 bits per heavy atom. The molecule has 3 heterocycles. The van der Waals surface area contributed by atoms with Gasteiger partial charge in [0.2, 0.25) is 0 Å². The summed E-state index contributed by atoms with van der Waals surface area (Å²) in [6, 6.07) is 5.81. The van der Waals surface area contributed by atoms with Crippen LogP contribution in [0.25, 0.3) is 5.82 Å². The summed E-state index contributed by atoms with van der Waals surface area (Å²) in [6.45, 7) is 8.95. The molecule has 2 aromatic rings. The Bertz CT molecular complexity index is 591. The van der Waals surface area contributed by atoms with Crippen LogP contribution in [-0.4, -0.2) is 27.3 Å². The molecule has 104 valence electrons. The fourth-order valence-corrected chi connectivity index (χ4v) is 2.57. The second-order valence-corrected chi connectivity index (χ2v) is 6.61. The summed E-state index contributed by atoms with van der Waals surface area (Å²) >= 11 is 0. The summed E-state index contributed by atoms with van der Waals surface area (Å²) in [4.78, 5) is 4.31. The van der Waals surface area contributed by atoms with Gasteiger partial charge in [-0.05, 0) is 43.2 Å². The van der Waals surface area contributed by atoms with E-state index < -0.39 is 0 Å². The molecule has 1 fully saturated rings. The Balaban J connectivity index is 1.86. The van der Waals surface area contributed by atoms with Gasteiger partial charge in [0.1, 0.15) is 0 Å². The van der Waals surface area contributed by atoms with E-state index in [0.29, 0.717) is 0 Å². The van der Waals surface area contributed by atoms with Gasteiger partial charge < -0.3 is 4.65 Å². The molecular formula is C15H20BN3O. The molecule has 0 radical (unpaired) electrons. The van der Waals surface area contributed by atoms with Crippen LogP contribution in [-0.2, 0) is 4.65 Å². The summed E-state index contributed by atoms with van der Waals surface area (Å²) in [5, 5.41) is 4.40. The number of rotatable bonds is 2. The molecule has 0 spiro atoms. The maximum absolute atomic E-state index is 6.23. The number of aromatic nitrogens is 3. The average Bonchev–Trinajstić information content (AvgIpc) is 2.94. The van der Waals surface area contributed by atoms with Crippen LogP contribution in [0.15, 0.2) is 36.8 Å². The summed E-state index contributed by atoms with van der Waals surface area (Å²) in [7, 11) is 0. The Morgan fingerprint density at radius 2 is 2.05 bits per heavy atom. The molecule has 20 heavy (non-hydrogen) atoms. The van der Waals surface area contributed by atoms with Crippen LogP contribution in [0.4, 0.5) is 0 Å². The van der Waals surface area contributed by atoms with E-state index in [4.69, 9.17) is 4.65 Å². The smallest absolute Gasteiger partial charge is 0.331 e. The van der Waals surface area contributed by atoms with Crippen LogP contribution >= 0.6 is 0 Å². The lowest BCUT2D eigenvalue weighted by molar-refractivity contribution is 0.0375. The van der Waals surface area contributed by atoms with Crippen LogP contribution in [0.3, 0.4) is 0 Å². The number of nitrogens with zero attached hydrogens (tertiary/aromatic N) is 3. The number of pyridine rings is 1. The van der Waals surface area contributed by atoms with E-state index in [1.54, 1.807) is 10.9 Å². The van der Waals surface area contributed by atoms with Gasteiger partial charge in [-0.3, -0.25) is 0 Å². The second-order valence-electron chi connectivity index (χ2n) is 6.61. The van der Waals surface area contributed by atoms with Gasteiger partial charge in [-0.2, -0.15) is 5.10 Å². The van der Waals surface area contributed by atoms with Gasteiger partial charge in [0.15, 0.2) is 5.82 Å². The summed E-state index contributed by atoms with van der Waals surface area (Å²) in [6.07, 6.45) is 6.68. The molecule has 3 rings (SSSR count). The molecule has 0 N–H and O–H groups in total. The van der Waals surface area contributed by atoms with Crippen LogP contribution in [0.2, 0.25) is 6.32 Å². The van der Waals surface area contributed by atoms with Gasteiger partial charge in [-0.1, -0.05) is 19.9 Å². The van der Waals surface area contributed by atoms with E-state index in [2.05, 4.69) is 37.8 Å². The molecule has 0 amide bonds. The first kappa shape index (κ1) is 13.4. The Kier molecular flexibility index (Phi) is 2.98. The molecule has 1 aliphatic rings. The fraction of sp³-hybridized carbons (Fsp3) is 0.467. The predicted molar refractivity (Wildman–Crippen MR) is 80.5 cm³/mol. The highest BCUT2D eigenvalue weighted by molar-refractivity contribution is 6.68. The van der Waals surface area contributed by atoms with Gasteiger partial charge in [0.25, 0.3) is 0 Å². The minimum absolute atomic E-state index is 0.109. The first-order chi connectivity index (χ1) is 9.39. The van der Waals surface area contributed by atoms with Crippen LogP contribution in [0.1, 0.15) is 27.7 Å². The van der Waals surface area contributed by atoms with E-state index in [0.717, 1.165) is 17.6 Å². The quantitative estimate of drug-likeness (QED) is 0.785. The van der Waals surface area contributed by atoms with Crippen molar-refractivity contribution in [1.82, 2.24) is 14.8 Å². The summed E-state index contributed by atoms with van der Waals surface area (Å²) in [5.41, 5.74) is 1.16. The van der Waals surface area contributed by atoms with Gasteiger partial charge >= 0.3 is 6.92 Å². The van der Waals surface area contributed by atoms with Crippen molar-refractivity contribution in [3.8, 4) is 5.82 Å². The lowest BCUT2D eigenvalue weighted by atomic mass is 9.55. The summed E-state index contributed by atoms with van der Waals surface area (Å²) in [5.74, 6) is 0.829. The Hall–Kier alpha value is -1.62. The van der Waals surface area contributed by atoms with Crippen molar-refractivity contribution in [2.75, 3.05) is 0 Å². The molecule has 1 aliphatic heterocycles. The van der Waals surface area contributed by atoms with Crippen molar-refractivity contribution >= 4 is 12.4 Å². The third kappa shape index (κ3) is 2.16. The molecule has 2 aromatic heterocycles. The predicted octanol–water partition coefficient (Wildman–Crippen LogP) is 2.30. The molecule has 4 nitrogen and oxygen atoms in total. The molecular weight excluding hydrogens is 249 g/mol. The third-order valence-electron chi connectivity index (χ3n) is 4.62. The zero-order chi connectivity index (χ0) is 14.4. The van der Waals surface area contributed by atoms with E-state index in [1.807, 2.05) is 30.6 Å². The second kappa shape index (κ2) is 4.45. The van der Waals surface area contributed by atoms with Crippen molar-refractivity contribution in [3.63, 3.8) is 0 Å². The molecule has 0 unspecified atom stereocenters. The monoisotopic (exact) mass is 269 g/mol. The number of hydrogen-bond donors (Lipinski definition) is 0. The molecule has 0 saturated carbocycles. The van der Waals surface area contributed by atoms with Crippen LogP contribution in [0.5, 0.6) is 0 Å². The highest BCUT2D eigenvalue weighted by Crippen LogP contribution is 2.44. The van der Waals surface area contributed by atoms with E-state index in [9.17, 15) is 0 Å². The third-order valence-corrected chi connectivity index (χ3v) is 4.62. The molecule has 0 bridgehead atoms. The highest BCUT2D eigenvalue weighted by atomic mass is 16.5. The SMILES string of the molecule is CC1(C)CB(c2cnn(-c3ccccn3)c2)OC1(C)C. The van der Waals surface area contributed by atoms with Crippen LogP contribution < -0.4 is 5.46 Å². The highest BCUT2D eigenvalue weighted by Gasteiger charge is 2.50. The maximum Gasteiger partial charge on any atom is 0.331 e. The van der Waals surface area contributed by atoms with E-state index in [1.165, 1.54) is 0 Å². The van der Waals surface area contributed by atoms with Crippen molar-refractivity contribution in [2.45, 2.75) is 39.6 Å². The van der Waals surface area contributed by atoms with Crippen molar-refractivity contribution in [1.29, 1.82) is 0 Å². The minimum atomic E-state index is -0.120. The minimum Gasteiger partial charge on any atom is -0.425 e. The molecule has 1 saturated heterocycles.